The highest BCUT2D eigenvalue weighted by Crippen LogP contribution is 2.26. The number of rotatable bonds is 5. The van der Waals surface area contributed by atoms with Gasteiger partial charge in [-0.3, -0.25) is 0 Å². The number of nitrogens with zero attached hydrogens (tertiary/aromatic N) is 2. The first kappa shape index (κ1) is 17.4. The summed E-state index contributed by atoms with van der Waals surface area (Å²) in [5.41, 5.74) is 0.547. The van der Waals surface area contributed by atoms with Crippen molar-refractivity contribution in [1.29, 1.82) is 0 Å². The van der Waals surface area contributed by atoms with Gasteiger partial charge >= 0.3 is 11.9 Å². The van der Waals surface area contributed by atoms with E-state index in [-0.39, 0.29) is 11.5 Å². The zero-order valence-corrected chi connectivity index (χ0v) is 14.8. The average molecular weight is 356 g/mol. The van der Waals surface area contributed by atoms with Crippen molar-refractivity contribution in [3.05, 3.63) is 26.1 Å². The molecule has 0 radical (unpaired) electrons. The number of aryl methyl sites for hydroxylation is 2. The van der Waals surface area contributed by atoms with Crippen LogP contribution in [0.3, 0.4) is 0 Å². The van der Waals surface area contributed by atoms with Crippen LogP contribution in [0.4, 0.5) is 5.13 Å². The van der Waals surface area contributed by atoms with Crippen LogP contribution in [-0.2, 0) is 9.47 Å². The zero-order chi connectivity index (χ0) is 17.0. The van der Waals surface area contributed by atoms with Gasteiger partial charge in [-0.25, -0.2) is 14.6 Å². The largest absolute Gasteiger partial charge is 0.462 e. The van der Waals surface area contributed by atoms with Crippen LogP contribution in [-0.4, -0.2) is 30.1 Å². The summed E-state index contributed by atoms with van der Waals surface area (Å²) in [7, 11) is 0. The summed E-state index contributed by atoms with van der Waals surface area (Å²) < 4.78 is 15.4. The molecule has 7 nitrogen and oxygen atoms in total. The number of carbonyl (C=O) groups is 2. The molecule has 2 heterocycles. The molecule has 0 aromatic carbocycles. The van der Waals surface area contributed by atoms with Gasteiger partial charge in [0.2, 0.25) is 5.13 Å². The number of aromatic nitrogens is 1. The van der Waals surface area contributed by atoms with Crippen molar-refractivity contribution in [2.24, 2.45) is 4.99 Å². The molecule has 0 fully saturated rings. The lowest BCUT2D eigenvalue weighted by atomic mass is 10.4. The normalized spacial score (nSPS) is 11.6. The lowest BCUT2D eigenvalue weighted by molar-refractivity contribution is 0.0520. The smallest absolute Gasteiger partial charge is 0.351 e. The SMILES string of the molecule is CCOC(=O)c1sc(/N=c2/oc(C)c(C(=O)OCC)s2)nc1C. The number of ether oxygens (including phenoxy) is 2. The Balaban J connectivity index is 2.33. The first-order chi connectivity index (χ1) is 11.0. The van der Waals surface area contributed by atoms with E-state index in [0.29, 0.717) is 32.9 Å². The van der Waals surface area contributed by atoms with E-state index in [2.05, 4.69) is 9.98 Å². The van der Waals surface area contributed by atoms with Crippen molar-refractivity contribution < 1.29 is 23.5 Å². The molecule has 0 aliphatic rings. The van der Waals surface area contributed by atoms with Gasteiger partial charge in [0, 0.05) is 0 Å². The van der Waals surface area contributed by atoms with E-state index in [9.17, 15) is 9.59 Å². The molecule has 9 heteroatoms. The summed E-state index contributed by atoms with van der Waals surface area (Å²) in [4.78, 5) is 33.0. The van der Waals surface area contributed by atoms with Crippen molar-refractivity contribution in [2.45, 2.75) is 27.7 Å². The van der Waals surface area contributed by atoms with Gasteiger partial charge in [-0.05, 0) is 27.7 Å². The first-order valence-corrected chi connectivity index (χ1v) is 8.56. The fourth-order valence-corrected chi connectivity index (χ4v) is 3.37. The lowest BCUT2D eigenvalue weighted by Gasteiger charge is -1.97. The predicted octanol–water partition coefficient (Wildman–Crippen LogP) is 3.00. The van der Waals surface area contributed by atoms with Crippen molar-refractivity contribution in [2.75, 3.05) is 13.2 Å². The standard InChI is InChI=1S/C14H16N2O5S2/c1-5-19-11(17)9-7(3)15-13(22-9)16-14-21-8(4)10(23-14)12(18)20-6-2/h5-6H2,1-4H3/b16-14-. The maximum atomic E-state index is 11.8. The molecule has 23 heavy (non-hydrogen) atoms. The minimum atomic E-state index is -0.442. The van der Waals surface area contributed by atoms with Gasteiger partial charge in [0.1, 0.15) is 10.6 Å². The minimum absolute atomic E-state index is 0.273. The Morgan fingerprint density at radius 1 is 1.09 bits per heavy atom. The number of carbonyl (C=O) groups excluding carboxylic acids is 2. The number of hydrogen-bond acceptors (Lipinski definition) is 9. The third kappa shape index (κ3) is 4.05. The van der Waals surface area contributed by atoms with Crippen LogP contribution in [0, 0.1) is 13.8 Å². The van der Waals surface area contributed by atoms with Crippen LogP contribution in [0.1, 0.15) is 44.6 Å². The summed E-state index contributed by atoms with van der Waals surface area (Å²) in [6.07, 6.45) is 0. The van der Waals surface area contributed by atoms with Crippen LogP contribution in [0.5, 0.6) is 0 Å². The molecule has 0 aliphatic heterocycles. The van der Waals surface area contributed by atoms with E-state index < -0.39 is 11.9 Å². The highest BCUT2D eigenvalue weighted by molar-refractivity contribution is 7.17. The van der Waals surface area contributed by atoms with Crippen LogP contribution in [0.15, 0.2) is 9.41 Å². The second kappa shape index (κ2) is 7.51. The molecule has 0 saturated heterocycles. The van der Waals surface area contributed by atoms with Gasteiger partial charge < -0.3 is 13.9 Å². The Kier molecular flexibility index (Phi) is 5.67. The second-order valence-corrected chi connectivity index (χ2v) is 6.26. The van der Waals surface area contributed by atoms with Crippen molar-refractivity contribution >= 4 is 39.7 Å². The molecule has 2 aromatic rings. The molecular weight excluding hydrogens is 340 g/mol. The highest BCUT2D eigenvalue weighted by atomic mass is 32.1. The number of esters is 2. The van der Waals surface area contributed by atoms with Crippen molar-refractivity contribution in [3.63, 3.8) is 0 Å². The minimum Gasteiger partial charge on any atom is -0.462 e. The van der Waals surface area contributed by atoms with E-state index >= 15 is 0 Å². The van der Waals surface area contributed by atoms with Crippen LogP contribution < -0.4 is 4.87 Å². The third-order valence-corrected chi connectivity index (χ3v) is 4.68. The maximum absolute atomic E-state index is 11.8. The molecule has 0 bridgehead atoms. The Bertz CT molecular complexity index is 787. The van der Waals surface area contributed by atoms with Gasteiger partial charge in [-0.2, -0.15) is 4.99 Å². The van der Waals surface area contributed by atoms with Crippen LogP contribution in [0.25, 0.3) is 0 Å². The van der Waals surface area contributed by atoms with Gasteiger partial charge in [0.05, 0.1) is 18.9 Å². The van der Waals surface area contributed by atoms with Crippen molar-refractivity contribution in [3.8, 4) is 0 Å². The molecule has 124 valence electrons. The van der Waals surface area contributed by atoms with Gasteiger partial charge in [0.25, 0.3) is 4.87 Å². The van der Waals surface area contributed by atoms with E-state index in [1.807, 2.05) is 0 Å². The van der Waals surface area contributed by atoms with E-state index in [0.717, 1.165) is 22.7 Å². The summed E-state index contributed by atoms with van der Waals surface area (Å²) in [5, 5.41) is 0.367. The molecule has 0 atom stereocenters. The topological polar surface area (TPSA) is 91.0 Å². The third-order valence-electron chi connectivity index (χ3n) is 2.64. The Morgan fingerprint density at radius 3 is 2.30 bits per heavy atom. The predicted molar refractivity (Wildman–Crippen MR) is 85.3 cm³/mol. The second-order valence-electron chi connectivity index (χ2n) is 4.32. The fraction of sp³-hybridized carbons (Fsp3) is 0.429. The van der Waals surface area contributed by atoms with E-state index in [1.165, 1.54) is 0 Å². The molecular formula is C14H16N2O5S2. The van der Waals surface area contributed by atoms with Crippen LogP contribution in [0.2, 0.25) is 0 Å². The zero-order valence-electron chi connectivity index (χ0n) is 13.2. The maximum Gasteiger partial charge on any atom is 0.351 e. The van der Waals surface area contributed by atoms with E-state index in [4.69, 9.17) is 13.9 Å². The molecule has 0 saturated carbocycles. The summed E-state index contributed by atoms with van der Waals surface area (Å²) in [6, 6.07) is 0. The van der Waals surface area contributed by atoms with Gasteiger partial charge in [-0.15, -0.1) is 0 Å². The summed E-state index contributed by atoms with van der Waals surface area (Å²) >= 11 is 2.19. The molecule has 0 amide bonds. The molecule has 0 unspecified atom stereocenters. The molecule has 0 aliphatic carbocycles. The van der Waals surface area contributed by atoms with Gasteiger partial charge in [0.15, 0.2) is 4.88 Å². The molecule has 2 aromatic heterocycles. The molecule has 0 N–H and O–H groups in total. The van der Waals surface area contributed by atoms with E-state index in [1.54, 1.807) is 27.7 Å². The number of hydrogen-bond donors (Lipinski definition) is 0. The van der Waals surface area contributed by atoms with Crippen LogP contribution >= 0.6 is 22.7 Å². The Morgan fingerprint density at radius 2 is 1.70 bits per heavy atom. The first-order valence-electron chi connectivity index (χ1n) is 6.93. The highest BCUT2D eigenvalue weighted by Gasteiger charge is 2.18. The molecule has 2 rings (SSSR count). The average Bonchev–Trinajstić information content (AvgIpc) is 3.02. The fourth-order valence-electron chi connectivity index (χ4n) is 1.68. The summed E-state index contributed by atoms with van der Waals surface area (Å²) in [5.74, 6) is -0.427. The quantitative estimate of drug-likeness (QED) is 0.765. The van der Waals surface area contributed by atoms with Crippen molar-refractivity contribution in [1.82, 2.24) is 4.98 Å². The summed E-state index contributed by atoms with van der Waals surface area (Å²) in [6.45, 7) is 7.44. The Hall–Kier alpha value is -2.00. The number of thiazole rings is 1. The monoisotopic (exact) mass is 356 g/mol. The molecule has 0 spiro atoms. The van der Waals surface area contributed by atoms with Gasteiger partial charge in [-0.1, -0.05) is 22.7 Å². The lowest BCUT2D eigenvalue weighted by Crippen LogP contribution is -2.03. The Labute approximate surface area is 140 Å².